The quantitative estimate of drug-likeness (QED) is 0.345. The van der Waals surface area contributed by atoms with Crippen molar-refractivity contribution < 1.29 is 19.2 Å². The van der Waals surface area contributed by atoms with Crippen molar-refractivity contribution in [3.63, 3.8) is 0 Å². The number of hydrogen-bond acceptors (Lipinski definition) is 5. The van der Waals surface area contributed by atoms with Gasteiger partial charge in [0, 0.05) is 6.08 Å². The van der Waals surface area contributed by atoms with E-state index in [0.717, 1.165) is 6.08 Å². The summed E-state index contributed by atoms with van der Waals surface area (Å²) in [5, 5.41) is 10.8. The number of ether oxygens (including phenoxy) is 2. The Morgan fingerprint density at radius 3 is 2.65 bits per heavy atom. The van der Waals surface area contributed by atoms with Crippen molar-refractivity contribution in [1.82, 2.24) is 0 Å². The van der Waals surface area contributed by atoms with E-state index < -0.39 is 10.9 Å². The van der Waals surface area contributed by atoms with Gasteiger partial charge in [0.25, 0.3) is 5.69 Å². The Bertz CT molecular complexity index is 467. The molecule has 0 aliphatic carbocycles. The van der Waals surface area contributed by atoms with Gasteiger partial charge in [-0.25, -0.2) is 4.79 Å². The molecule has 6 heteroatoms. The van der Waals surface area contributed by atoms with E-state index in [0.29, 0.717) is 11.3 Å². The Labute approximate surface area is 97.6 Å². The minimum absolute atomic E-state index is 0.135. The lowest BCUT2D eigenvalue weighted by molar-refractivity contribution is -0.385. The van der Waals surface area contributed by atoms with Crippen LogP contribution in [-0.4, -0.2) is 25.1 Å². The molecule has 0 aliphatic heterocycles. The lowest BCUT2D eigenvalue weighted by Gasteiger charge is -2.01. The number of rotatable bonds is 4. The molecule has 17 heavy (non-hydrogen) atoms. The summed E-state index contributed by atoms with van der Waals surface area (Å²) in [5.41, 5.74) is 0.172. The van der Waals surface area contributed by atoms with Gasteiger partial charge in [0.1, 0.15) is 5.75 Å². The van der Waals surface area contributed by atoms with Gasteiger partial charge < -0.3 is 9.47 Å². The van der Waals surface area contributed by atoms with Gasteiger partial charge in [-0.05, 0) is 18.2 Å². The van der Waals surface area contributed by atoms with E-state index in [9.17, 15) is 14.9 Å². The predicted molar refractivity (Wildman–Crippen MR) is 60.7 cm³/mol. The molecule has 1 rings (SSSR count). The van der Waals surface area contributed by atoms with Crippen LogP contribution in [0.4, 0.5) is 5.69 Å². The molecule has 0 aliphatic rings. The largest absolute Gasteiger partial charge is 0.497 e. The lowest BCUT2D eigenvalue weighted by Crippen LogP contribution is -1.96. The van der Waals surface area contributed by atoms with Crippen LogP contribution in [-0.2, 0) is 9.53 Å². The number of hydrogen-bond donors (Lipinski definition) is 0. The molecule has 0 amide bonds. The van der Waals surface area contributed by atoms with Crippen LogP contribution in [0.15, 0.2) is 24.3 Å². The van der Waals surface area contributed by atoms with Crippen molar-refractivity contribution in [3.8, 4) is 5.75 Å². The van der Waals surface area contributed by atoms with E-state index >= 15 is 0 Å². The third-order valence-electron chi connectivity index (χ3n) is 2.03. The number of nitrogens with zero attached hydrogens (tertiary/aromatic N) is 1. The topological polar surface area (TPSA) is 78.7 Å². The molecule has 0 spiro atoms. The number of nitro groups is 1. The van der Waals surface area contributed by atoms with Crippen molar-refractivity contribution in [2.24, 2.45) is 0 Å². The first-order valence-corrected chi connectivity index (χ1v) is 4.67. The fourth-order valence-electron chi connectivity index (χ4n) is 1.18. The zero-order valence-electron chi connectivity index (χ0n) is 9.38. The van der Waals surface area contributed by atoms with Gasteiger partial charge in [-0.1, -0.05) is 0 Å². The SMILES string of the molecule is COC(=O)C=Cc1ccc(OC)cc1[N+](=O)[O-]. The third-order valence-corrected chi connectivity index (χ3v) is 2.03. The molecule has 1 aromatic rings. The van der Waals surface area contributed by atoms with Crippen molar-refractivity contribution in [3.05, 3.63) is 40.0 Å². The standard InChI is InChI=1S/C11H11NO5/c1-16-9-5-3-8(4-6-11(13)17-2)10(7-9)12(14)15/h3-7H,1-2H3. The van der Waals surface area contributed by atoms with Crippen LogP contribution in [0.2, 0.25) is 0 Å². The Morgan fingerprint density at radius 2 is 2.12 bits per heavy atom. The molecule has 0 N–H and O–H groups in total. The van der Waals surface area contributed by atoms with Crippen LogP contribution in [0.25, 0.3) is 6.08 Å². The first-order chi connectivity index (χ1) is 8.08. The third kappa shape index (κ3) is 3.30. The highest BCUT2D eigenvalue weighted by Crippen LogP contribution is 2.25. The summed E-state index contributed by atoms with van der Waals surface area (Å²) in [5.74, 6) is -0.193. The second-order valence-corrected chi connectivity index (χ2v) is 3.04. The van der Waals surface area contributed by atoms with Crippen LogP contribution in [0, 0.1) is 10.1 Å². The fraction of sp³-hybridized carbons (Fsp3) is 0.182. The average molecular weight is 237 g/mol. The maximum Gasteiger partial charge on any atom is 0.330 e. The fourth-order valence-corrected chi connectivity index (χ4v) is 1.18. The lowest BCUT2D eigenvalue weighted by atomic mass is 10.1. The molecule has 0 saturated heterocycles. The number of carbonyl (C=O) groups excluding carboxylic acids is 1. The van der Waals surface area contributed by atoms with Crippen LogP contribution >= 0.6 is 0 Å². The van der Waals surface area contributed by atoms with Crippen LogP contribution < -0.4 is 4.74 Å². The molecular formula is C11H11NO5. The molecule has 0 bridgehead atoms. The highest BCUT2D eigenvalue weighted by Gasteiger charge is 2.13. The number of nitro benzene ring substituents is 1. The summed E-state index contributed by atoms with van der Waals surface area (Å²) in [4.78, 5) is 21.1. The molecule has 0 radical (unpaired) electrons. The Morgan fingerprint density at radius 1 is 1.41 bits per heavy atom. The van der Waals surface area contributed by atoms with E-state index in [4.69, 9.17) is 4.74 Å². The molecule has 0 aromatic heterocycles. The van der Waals surface area contributed by atoms with Crippen molar-refractivity contribution in [2.75, 3.05) is 14.2 Å². The number of benzene rings is 1. The van der Waals surface area contributed by atoms with Gasteiger partial charge in [-0.2, -0.15) is 0 Å². The second kappa shape index (κ2) is 5.64. The van der Waals surface area contributed by atoms with E-state index in [1.54, 1.807) is 6.07 Å². The summed E-state index contributed by atoms with van der Waals surface area (Å²) in [6.45, 7) is 0. The summed E-state index contributed by atoms with van der Waals surface area (Å²) in [6, 6.07) is 4.36. The smallest absolute Gasteiger partial charge is 0.330 e. The van der Waals surface area contributed by atoms with E-state index in [2.05, 4.69) is 4.74 Å². The first-order valence-electron chi connectivity index (χ1n) is 4.67. The van der Waals surface area contributed by atoms with Crippen molar-refractivity contribution in [2.45, 2.75) is 0 Å². The highest BCUT2D eigenvalue weighted by atomic mass is 16.6. The maximum atomic E-state index is 10.9. The molecule has 1 aromatic carbocycles. The molecule has 0 saturated carbocycles. The zero-order valence-corrected chi connectivity index (χ0v) is 9.38. The van der Waals surface area contributed by atoms with Crippen molar-refractivity contribution >= 4 is 17.7 Å². The monoisotopic (exact) mass is 237 g/mol. The van der Waals surface area contributed by atoms with Crippen molar-refractivity contribution in [1.29, 1.82) is 0 Å². The van der Waals surface area contributed by atoms with Gasteiger partial charge in [0.05, 0.1) is 30.8 Å². The Hall–Kier alpha value is -2.37. The van der Waals surface area contributed by atoms with E-state index in [-0.39, 0.29) is 5.69 Å². The number of methoxy groups -OCH3 is 2. The molecule has 0 atom stereocenters. The number of carbonyl (C=O) groups is 1. The van der Waals surface area contributed by atoms with E-state index in [1.807, 2.05) is 0 Å². The molecule has 0 fully saturated rings. The van der Waals surface area contributed by atoms with Gasteiger partial charge in [-0.15, -0.1) is 0 Å². The summed E-state index contributed by atoms with van der Waals surface area (Å²) < 4.78 is 9.28. The predicted octanol–water partition coefficient (Wildman–Crippen LogP) is 1.79. The highest BCUT2D eigenvalue weighted by molar-refractivity contribution is 5.87. The molecule has 0 heterocycles. The molecular weight excluding hydrogens is 226 g/mol. The Kier molecular flexibility index (Phi) is 4.21. The number of esters is 1. The van der Waals surface area contributed by atoms with E-state index in [1.165, 1.54) is 32.4 Å². The zero-order chi connectivity index (χ0) is 12.8. The molecule has 6 nitrogen and oxygen atoms in total. The minimum Gasteiger partial charge on any atom is -0.497 e. The summed E-state index contributed by atoms with van der Waals surface area (Å²) in [7, 11) is 2.65. The van der Waals surface area contributed by atoms with Gasteiger partial charge >= 0.3 is 5.97 Å². The molecule has 90 valence electrons. The normalized spacial score (nSPS) is 10.2. The van der Waals surface area contributed by atoms with Crippen LogP contribution in [0.3, 0.4) is 0 Å². The van der Waals surface area contributed by atoms with Crippen LogP contribution in [0.1, 0.15) is 5.56 Å². The maximum absolute atomic E-state index is 10.9. The van der Waals surface area contributed by atoms with Gasteiger partial charge in [0.15, 0.2) is 0 Å². The van der Waals surface area contributed by atoms with Gasteiger partial charge in [0.2, 0.25) is 0 Å². The summed E-state index contributed by atoms with van der Waals surface area (Å²) >= 11 is 0. The van der Waals surface area contributed by atoms with Gasteiger partial charge in [-0.3, -0.25) is 10.1 Å². The molecule has 0 unspecified atom stereocenters. The Balaban J connectivity index is 3.11. The van der Waals surface area contributed by atoms with Crippen LogP contribution in [0.5, 0.6) is 5.75 Å². The second-order valence-electron chi connectivity index (χ2n) is 3.04. The average Bonchev–Trinajstić information content (AvgIpc) is 2.35. The first kappa shape index (κ1) is 12.7. The minimum atomic E-state index is -0.574. The summed E-state index contributed by atoms with van der Waals surface area (Å²) in [6.07, 6.45) is 2.44.